The first-order chi connectivity index (χ1) is 13.5. The molecule has 0 amide bonds. The van der Waals surface area contributed by atoms with Crippen LogP contribution in [0.4, 0.5) is 4.39 Å². The van der Waals surface area contributed by atoms with Gasteiger partial charge in [0.25, 0.3) is 0 Å². The Morgan fingerprint density at radius 1 is 0.821 bits per heavy atom. The second kappa shape index (κ2) is 10.1. The predicted molar refractivity (Wildman–Crippen MR) is 114 cm³/mol. The van der Waals surface area contributed by atoms with Crippen molar-refractivity contribution < 1.29 is 9.13 Å². The second-order valence-corrected chi connectivity index (χ2v) is 7.55. The lowest BCUT2D eigenvalue weighted by molar-refractivity contribution is 0.302. The van der Waals surface area contributed by atoms with Crippen molar-refractivity contribution in [3.63, 3.8) is 0 Å². The third kappa shape index (κ3) is 5.86. The van der Waals surface area contributed by atoms with Crippen LogP contribution < -0.4 is 10.1 Å². The number of rotatable bonds is 8. The molecule has 3 aromatic carbocycles. The molecule has 0 unspecified atom stereocenters. The zero-order chi connectivity index (χ0) is 19.9. The standard InChI is InChI=1S/C22H19Cl3FNO/c23-18-7-5-15(20(24)11-18)9-10-27-13-16-3-1-2-4-22(16)28-14-17-6-8-19(26)12-21(17)25/h1-8,11-12,27H,9-10,13-14H2. The Balaban J connectivity index is 1.54. The second-order valence-electron chi connectivity index (χ2n) is 6.29. The smallest absolute Gasteiger partial charge is 0.124 e. The van der Waals surface area contributed by atoms with E-state index in [1.54, 1.807) is 12.1 Å². The van der Waals surface area contributed by atoms with E-state index in [4.69, 9.17) is 39.5 Å². The van der Waals surface area contributed by atoms with Crippen LogP contribution in [0.2, 0.25) is 15.1 Å². The molecule has 6 heteroatoms. The van der Waals surface area contributed by atoms with Gasteiger partial charge in [-0.15, -0.1) is 0 Å². The normalized spacial score (nSPS) is 10.9. The van der Waals surface area contributed by atoms with Crippen molar-refractivity contribution in [3.8, 4) is 5.75 Å². The van der Waals surface area contributed by atoms with Crippen molar-refractivity contribution in [2.75, 3.05) is 6.54 Å². The van der Waals surface area contributed by atoms with Crippen LogP contribution in [0.3, 0.4) is 0 Å². The van der Waals surface area contributed by atoms with Crippen LogP contribution in [-0.2, 0) is 19.6 Å². The molecule has 0 bridgehead atoms. The van der Waals surface area contributed by atoms with E-state index in [-0.39, 0.29) is 12.4 Å². The van der Waals surface area contributed by atoms with Gasteiger partial charge in [-0.1, -0.05) is 65.1 Å². The number of hydrogen-bond acceptors (Lipinski definition) is 2. The minimum absolute atomic E-state index is 0.274. The molecule has 146 valence electrons. The van der Waals surface area contributed by atoms with Crippen LogP contribution in [0.1, 0.15) is 16.7 Å². The Morgan fingerprint density at radius 3 is 2.36 bits per heavy atom. The average molecular weight is 439 g/mol. The molecule has 0 radical (unpaired) electrons. The third-order valence-corrected chi connectivity index (χ3v) is 5.21. The lowest BCUT2D eigenvalue weighted by Gasteiger charge is -2.13. The van der Waals surface area contributed by atoms with Gasteiger partial charge in [0.15, 0.2) is 0 Å². The van der Waals surface area contributed by atoms with Crippen molar-refractivity contribution >= 4 is 34.8 Å². The Kier molecular flexibility index (Phi) is 7.57. The zero-order valence-corrected chi connectivity index (χ0v) is 17.3. The van der Waals surface area contributed by atoms with Crippen LogP contribution in [0.15, 0.2) is 60.7 Å². The van der Waals surface area contributed by atoms with Gasteiger partial charge in [-0.3, -0.25) is 0 Å². The summed E-state index contributed by atoms with van der Waals surface area (Å²) in [4.78, 5) is 0. The molecule has 0 aliphatic carbocycles. The summed E-state index contributed by atoms with van der Waals surface area (Å²) in [6.07, 6.45) is 0.796. The monoisotopic (exact) mass is 437 g/mol. The molecule has 0 saturated heterocycles. The fourth-order valence-electron chi connectivity index (χ4n) is 2.76. The fraction of sp³-hybridized carbons (Fsp3) is 0.182. The first-order valence-corrected chi connectivity index (χ1v) is 9.95. The van der Waals surface area contributed by atoms with Crippen molar-refractivity contribution in [1.29, 1.82) is 0 Å². The molecule has 3 rings (SSSR count). The number of halogens is 4. The molecular weight excluding hydrogens is 420 g/mol. The molecule has 1 N–H and O–H groups in total. The SMILES string of the molecule is Fc1ccc(COc2ccccc2CNCCc2ccc(Cl)cc2Cl)c(Cl)c1. The quantitative estimate of drug-likeness (QED) is 0.395. The number of hydrogen-bond donors (Lipinski definition) is 1. The minimum Gasteiger partial charge on any atom is -0.489 e. The van der Waals surface area contributed by atoms with Gasteiger partial charge in [0.1, 0.15) is 18.2 Å². The first-order valence-electron chi connectivity index (χ1n) is 8.82. The van der Waals surface area contributed by atoms with Gasteiger partial charge in [0, 0.05) is 27.7 Å². The van der Waals surface area contributed by atoms with Crippen molar-refractivity contribution in [3.05, 3.63) is 98.2 Å². The van der Waals surface area contributed by atoms with Crippen LogP contribution in [0.25, 0.3) is 0 Å². The summed E-state index contributed by atoms with van der Waals surface area (Å²) in [7, 11) is 0. The van der Waals surface area contributed by atoms with E-state index >= 15 is 0 Å². The maximum absolute atomic E-state index is 13.2. The minimum atomic E-state index is -0.362. The summed E-state index contributed by atoms with van der Waals surface area (Å²) in [5, 5.41) is 5.07. The van der Waals surface area contributed by atoms with Crippen molar-refractivity contribution in [2.45, 2.75) is 19.6 Å². The number of nitrogens with one attached hydrogen (secondary N) is 1. The molecule has 28 heavy (non-hydrogen) atoms. The lowest BCUT2D eigenvalue weighted by atomic mass is 10.1. The van der Waals surface area contributed by atoms with E-state index in [1.807, 2.05) is 36.4 Å². The molecule has 0 heterocycles. The summed E-state index contributed by atoms with van der Waals surface area (Å²) >= 11 is 18.2. The summed E-state index contributed by atoms with van der Waals surface area (Å²) in [6.45, 7) is 1.69. The van der Waals surface area contributed by atoms with Gasteiger partial charge >= 0.3 is 0 Å². The van der Waals surface area contributed by atoms with Gasteiger partial charge in [-0.2, -0.15) is 0 Å². The largest absolute Gasteiger partial charge is 0.489 e. The third-order valence-electron chi connectivity index (χ3n) is 4.27. The number of para-hydroxylation sites is 1. The van der Waals surface area contributed by atoms with E-state index in [0.29, 0.717) is 21.6 Å². The molecule has 0 aromatic heterocycles. The number of benzene rings is 3. The molecule has 0 spiro atoms. The molecule has 0 saturated carbocycles. The van der Waals surface area contributed by atoms with Gasteiger partial charge in [0.05, 0.1) is 5.02 Å². The first kappa shape index (κ1) is 20.9. The van der Waals surface area contributed by atoms with E-state index < -0.39 is 0 Å². The lowest BCUT2D eigenvalue weighted by Crippen LogP contribution is -2.17. The Bertz CT molecular complexity index is 949. The van der Waals surface area contributed by atoms with Gasteiger partial charge in [-0.25, -0.2) is 4.39 Å². The average Bonchev–Trinajstić information content (AvgIpc) is 2.67. The summed E-state index contributed by atoms with van der Waals surface area (Å²) in [5.74, 6) is 0.402. The molecule has 3 aromatic rings. The highest BCUT2D eigenvalue weighted by Gasteiger charge is 2.07. The Labute approximate surface area is 179 Å². The molecule has 2 nitrogen and oxygen atoms in total. The summed E-state index contributed by atoms with van der Waals surface area (Å²) in [5.41, 5.74) is 2.82. The van der Waals surface area contributed by atoms with E-state index in [2.05, 4.69) is 5.32 Å². The van der Waals surface area contributed by atoms with Gasteiger partial charge in [-0.05, 0) is 48.9 Å². The van der Waals surface area contributed by atoms with E-state index in [1.165, 1.54) is 12.1 Å². The summed E-state index contributed by atoms with van der Waals surface area (Å²) < 4.78 is 19.1. The molecule has 0 aliphatic rings. The van der Waals surface area contributed by atoms with E-state index in [0.717, 1.165) is 35.4 Å². The summed E-state index contributed by atoms with van der Waals surface area (Å²) in [6, 6.07) is 17.6. The van der Waals surface area contributed by atoms with Crippen molar-refractivity contribution in [2.24, 2.45) is 0 Å². The highest BCUT2D eigenvalue weighted by molar-refractivity contribution is 6.35. The van der Waals surface area contributed by atoms with Crippen LogP contribution in [0, 0.1) is 5.82 Å². The van der Waals surface area contributed by atoms with Crippen LogP contribution in [-0.4, -0.2) is 6.54 Å². The van der Waals surface area contributed by atoms with Gasteiger partial charge < -0.3 is 10.1 Å². The molecular formula is C22H19Cl3FNO. The molecule has 0 fully saturated rings. The maximum atomic E-state index is 13.2. The topological polar surface area (TPSA) is 21.3 Å². The highest BCUT2D eigenvalue weighted by atomic mass is 35.5. The molecule has 0 aliphatic heterocycles. The highest BCUT2D eigenvalue weighted by Crippen LogP contribution is 2.23. The van der Waals surface area contributed by atoms with Crippen molar-refractivity contribution in [1.82, 2.24) is 5.32 Å². The maximum Gasteiger partial charge on any atom is 0.124 e. The Hall–Kier alpha value is -1.78. The Morgan fingerprint density at radius 2 is 1.57 bits per heavy atom. The van der Waals surface area contributed by atoms with Gasteiger partial charge in [0.2, 0.25) is 0 Å². The number of ether oxygens (including phenoxy) is 1. The predicted octanol–water partition coefficient (Wildman–Crippen LogP) is 6.70. The fourth-order valence-corrected chi connectivity index (χ4v) is 3.48. The zero-order valence-electron chi connectivity index (χ0n) is 15.0. The van der Waals surface area contributed by atoms with E-state index in [9.17, 15) is 4.39 Å². The molecule has 0 atom stereocenters. The van der Waals surface area contributed by atoms with Crippen LogP contribution >= 0.6 is 34.8 Å². The van der Waals surface area contributed by atoms with Crippen LogP contribution in [0.5, 0.6) is 5.75 Å².